The summed E-state index contributed by atoms with van der Waals surface area (Å²) in [5, 5.41) is 2.95. The first kappa shape index (κ1) is 13.1. The number of unbranched alkanes of at least 4 members (excludes halogenated alkanes) is 1. The monoisotopic (exact) mass is 247 g/mol. The molecule has 1 heterocycles. The van der Waals surface area contributed by atoms with Crippen LogP contribution < -0.4 is 9.88 Å². The summed E-state index contributed by atoms with van der Waals surface area (Å²) in [6.45, 7) is 3.36. The van der Waals surface area contributed by atoms with Crippen LogP contribution in [0.1, 0.15) is 43.7 Å². The molecule has 2 rings (SSSR count). The lowest BCUT2D eigenvalue weighted by Crippen LogP contribution is -2.43. The molecule has 0 fully saturated rings. The number of hydrogen-bond acceptors (Lipinski definition) is 1. The normalized spacial score (nSPS) is 14.1. The Morgan fingerprint density at radius 3 is 2.89 bits per heavy atom. The number of carbonyl (C=O) groups is 1. The van der Waals surface area contributed by atoms with Crippen LogP contribution in [0, 0.1) is 0 Å². The summed E-state index contributed by atoms with van der Waals surface area (Å²) < 4.78 is 2.01. The molecule has 18 heavy (non-hydrogen) atoms. The number of amides is 1. The van der Waals surface area contributed by atoms with Crippen molar-refractivity contribution in [3.63, 3.8) is 0 Å². The van der Waals surface area contributed by atoms with Crippen molar-refractivity contribution in [1.82, 2.24) is 5.32 Å². The van der Waals surface area contributed by atoms with Gasteiger partial charge in [0.2, 0.25) is 6.54 Å². The van der Waals surface area contributed by atoms with E-state index in [0.717, 1.165) is 25.8 Å². The summed E-state index contributed by atoms with van der Waals surface area (Å²) in [6, 6.07) is 2.17. The molecule has 1 aromatic rings. The van der Waals surface area contributed by atoms with E-state index in [4.69, 9.17) is 0 Å². The summed E-state index contributed by atoms with van der Waals surface area (Å²) in [4.78, 5) is 11.7. The molecule has 1 aromatic heterocycles. The lowest BCUT2D eigenvalue weighted by Gasteiger charge is -2.13. The summed E-state index contributed by atoms with van der Waals surface area (Å²) in [5.41, 5.74) is 2.88. The van der Waals surface area contributed by atoms with Crippen molar-refractivity contribution in [2.24, 2.45) is 0 Å². The third-order valence-corrected chi connectivity index (χ3v) is 3.52. The van der Waals surface area contributed by atoms with Crippen LogP contribution in [0.4, 0.5) is 0 Å². The third kappa shape index (κ3) is 3.56. The third-order valence-electron chi connectivity index (χ3n) is 3.52. The lowest BCUT2D eigenvalue weighted by molar-refractivity contribution is -0.685. The Labute approximate surface area is 109 Å². The Balaban J connectivity index is 1.91. The van der Waals surface area contributed by atoms with Crippen molar-refractivity contribution in [3.8, 4) is 0 Å². The van der Waals surface area contributed by atoms with Crippen LogP contribution in [-0.2, 0) is 24.2 Å². The second-order valence-electron chi connectivity index (χ2n) is 5.08. The van der Waals surface area contributed by atoms with Gasteiger partial charge in [-0.15, -0.1) is 0 Å². The Morgan fingerprint density at radius 1 is 1.33 bits per heavy atom. The molecular formula is C15H23N2O+. The van der Waals surface area contributed by atoms with Gasteiger partial charge >= 0.3 is 0 Å². The average molecular weight is 247 g/mol. The number of hydrogen-bond donors (Lipinski definition) is 1. The molecule has 1 aliphatic carbocycles. The Morgan fingerprint density at radius 2 is 2.11 bits per heavy atom. The molecule has 1 aliphatic rings. The summed E-state index contributed by atoms with van der Waals surface area (Å²) in [5.74, 6) is 0.115. The summed E-state index contributed by atoms with van der Waals surface area (Å²) in [6.07, 6.45) is 11.3. The maximum Gasteiger partial charge on any atom is 0.285 e. The number of aromatic nitrogens is 1. The minimum absolute atomic E-state index is 0.115. The number of nitrogens with one attached hydrogen (secondary N) is 1. The van der Waals surface area contributed by atoms with Crippen molar-refractivity contribution in [2.75, 3.05) is 6.54 Å². The molecule has 1 amide bonds. The molecule has 0 unspecified atom stereocenters. The largest absolute Gasteiger partial charge is 0.351 e. The van der Waals surface area contributed by atoms with Gasteiger partial charge in [-0.2, -0.15) is 4.57 Å². The quantitative estimate of drug-likeness (QED) is 0.624. The number of aryl methyl sites for hydroxylation is 2. The van der Waals surface area contributed by atoms with E-state index < -0.39 is 0 Å². The Kier molecular flexibility index (Phi) is 4.73. The molecule has 0 radical (unpaired) electrons. The van der Waals surface area contributed by atoms with Crippen LogP contribution in [0.3, 0.4) is 0 Å². The fourth-order valence-corrected chi connectivity index (χ4v) is 2.44. The number of fused-ring (bicyclic) bond motifs is 1. The number of rotatable bonds is 5. The zero-order chi connectivity index (χ0) is 12.8. The first-order valence-corrected chi connectivity index (χ1v) is 7.07. The molecule has 0 saturated carbocycles. The minimum atomic E-state index is 0.115. The standard InChI is InChI=1S/C15H22N2O/c1-2-3-9-16-15(18)12-17-10-8-13-6-4-5-7-14(13)11-17/h8,10-11H,2-7,9,12H2,1H3/p+1. The average Bonchev–Trinajstić information content (AvgIpc) is 2.39. The second-order valence-corrected chi connectivity index (χ2v) is 5.08. The summed E-state index contributed by atoms with van der Waals surface area (Å²) >= 11 is 0. The van der Waals surface area contributed by atoms with E-state index in [1.807, 2.05) is 10.8 Å². The maximum absolute atomic E-state index is 11.7. The van der Waals surface area contributed by atoms with E-state index in [9.17, 15) is 4.79 Å². The van der Waals surface area contributed by atoms with Gasteiger partial charge in [0.25, 0.3) is 5.91 Å². The minimum Gasteiger partial charge on any atom is -0.351 e. The predicted molar refractivity (Wildman–Crippen MR) is 71.2 cm³/mol. The van der Waals surface area contributed by atoms with E-state index >= 15 is 0 Å². The van der Waals surface area contributed by atoms with E-state index in [1.54, 1.807) is 0 Å². The fraction of sp³-hybridized carbons (Fsp3) is 0.600. The van der Waals surface area contributed by atoms with Gasteiger partial charge in [0.05, 0.1) is 0 Å². The van der Waals surface area contributed by atoms with Crippen molar-refractivity contribution in [2.45, 2.75) is 52.0 Å². The van der Waals surface area contributed by atoms with Crippen LogP contribution in [0.15, 0.2) is 18.5 Å². The maximum atomic E-state index is 11.7. The van der Waals surface area contributed by atoms with Gasteiger partial charge in [-0.1, -0.05) is 13.3 Å². The fourth-order valence-electron chi connectivity index (χ4n) is 2.44. The van der Waals surface area contributed by atoms with Crippen molar-refractivity contribution in [1.29, 1.82) is 0 Å². The second kappa shape index (κ2) is 6.53. The Bertz CT molecular complexity index is 415. The highest BCUT2D eigenvalue weighted by atomic mass is 16.1. The molecule has 0 aliphatic heterocycles. The smallest absolute Gasteiger partial charge is 0.285 e. The number of nitrogens with zero attached hydrogens (tertiary/aromatic N) is 1. The van der Waals surface area contributed by atoms with Crippen LogP contribution in [0.2, 0.25) is 0 Å². The van der Waals surface area contributed by atoms with Crippen LogP contribution >= 0.6 is 0 Å². The van der Waals surface area contributed by atoms with Crippen molar-refractivity contribution < 1.29 is 9.36 Å². The van der Waals surface area contributed by atoms with Gasteiger partial charge < -0.3 is 5.32 Å². The highest BCUT2D eigenvalue weighted by Gasteiger charge is 2.15. The van der Waals surface area contributed by atoms with Gasteiger partial charge in [-0.3, -0.25) is 4.79 Å². The first-order valence-electron chi connectivity index (χ1n) is 7.07. The van der Waals surface area contributed by atoms with E-state index in [-0.39, 0.29) is 5.91 Å². The van der Waals surface area contributed by atoms with E-state index in [1.165, 1.54) is 30.4 Å². The Hall–Kier alpha value is -1.38. The van der Waals surface area contributed by atoms with Crippen molar-refractivity contribution >= 4 is 5.91 Å². The molecule has 3 nitrogen and oxygen atoms in total. The van der Waals surface area contributed by atoms with Gasteiger partial charge in [-0.05, 0) is 37.7 Å². The van der Waals surface area contributed by atoms with Gasteiger partial charge in [0.1, 0.15) is 0 Å². The summed E-state index contributed by atoms with van der Waals surface area (Å²) in [7, 11) is 0. The number of pyridine rings is 1. The topological polar surface area (TPSA) is 33.0 Å². The SMILES string of the molecule is CCCCNC(=O)C[n+]1ccc2c(c1)CCCC2. The molecule has 1 N–H and O–H groups in total. The van der Waals surface area contributed by atoms with Gasteiger partial charge in [-0.25, -0.2) is 0 Å². The van der Waals surface area contributed by atoms with Gasteiger partial charge in [0, 0.05) is 18.2 Å². The molecule has 3 heteroatoms. The molecule has 98 valence electrons. The zero-order valence-corrected chi connectivity index (χ0v) is 11.2. The van der Waals surface area contributed by atoms with Crippen LogP contribution in [0.5, 0.6) is 0 Å². The van der Waals surface area contributed by atoms with E-state index in [2.05, 4.69) is 24.5 Å². The lowest BCUT2D eigenvalue weighted by atomic mass is 9.93. The predicted octanol–water partition coefficient (Wildman–Crippen LogP) is 1.77. The first-order chi connectivity index (χ1) is 8.79. The molecule has 0 atom stereocenters. The molecular weight excluding hydrogens is 224 g/mol. The number of carbonyl (C=O) groups excluding carboxylic acids is 1. The molecule has 0 bridgehead atoms. The van der Waals surface area contributed by atoms with E-state index in [0.29, 0.717) is 6.54 Å². The van der Waals surface area contributed by atoms with Crippen molar-refractivity contribution in [3.05, 3.63) is 29.6 Å². The van der Waals surface area contributed by atoms with Crippen LogP contribution in [-0.4, -0.2) is 12.5 Å². The highest BCUT2D eigenvalue weighted by molar-refractivity contribution is 5.74. The molecule has 0 spiro atoms. The highest BCUT2D eigenvalue weighted by Crippen LogP contribution is 2.18. The molecule has 0 saturated heterocycles. The van der Waals surface area contributed by atoms with Crippen LogP contribution in [0.25, 0.3) is 0 Å². The van der Waals surface area contributed by atoms with Gasteiger partial charge in [0.15, 0.2) is 12.4 Å². The zero-order valence-electron chi connectivity index (χ0n) is 11.2. The molecule has 0 aromatic carbocycles.